The van der Waals surface area contributed by atoms with Crippen LogP contribution in [-0.4, -0.2) is 40.1 Å². The lowest BCUT2D eigenvalue weighted by Gasteiger charge is -2.39. The molecule has 0 bridgehead atoms. The second-order valence-corrected chi connectivity index (χ2v) is 5.16. The minimum absolute atomic E-state index is 0.0332. The summed E-state index contributed by atoms with van der Waals surface area (Å²) < 4.78 is 38.5. The van der Waals surface area contributed by atoms with Gasteiger partial charge in [-0.15, -0.1) is 0 Å². The fourth-order valence-electron chi connectivity index (χ4n) is 2.27. The van der Waals surface area contributed by atoms with Crippen LogP contribution in [0.5, 0.6) is 0 Å². The number of pyridine rings is 1. The van der Waals surface area contributed by atoms with Crippen LogP contribution < -0.4 is 0 Å². The summed E-state index contributed by atoms with van der Waals surface area (Å²) in [7, 11) is 1.39. The van der Waals surface area contributed by atoms with Gasteiger partial charge in [-0.1, -0.05) is 0 Å². The van der Waals surface area contributed by atoms with Crippen LogP contribution in [0.1, 0.15) is 35.2 Å². The number of aromatic nitrogens is 1. The molecule has 1 aliphatic rings. The van der Waals surface area contributed by atoms with Crippen molar-refractivity contribution in [3.05, 3.63) is 29.6 Å². The van der Waals surface area contributed by atoms with Crippen LogP contribution >= 0.6 is 0 Å². The molecular weight excluding hydrogens is 273 g/mol. The molecule has 0 unspecified atom stereocenters. The summed E-state index contributed by atoms with van der Waals surface area (Å²) in [6.07, 6.45) is -0.858. The topological polar surface area (TPSA) is 53.4 Å². The first kappa shape index (κ1) is 14.8. The summed E-state index contributed by atoms with van der Waals surface area (Å²) in [5.41, 5.74) is -2.47. The van der Waals surface area contributed by atoms with Gasteiger partial charge in [0, 0.05) is 26.0 Å². The minimum atomic E-state index is -4.63. The van der Waals surface area contributed by atoms with E-state index in [0.29, 0.717) is 19.0 Å². The molecule has 1 heterocycles. The minimum Gasteiger partial charge on any atom is -0.388 e. The fraction of sp³-hybridized carbons (Fsp3) is 0.538. The molecular formula is C13H15F3N2O2. The van der Waals surface area contributed by atoms with Gasteiger partial charge in [-0.05, 0) is 25.3 Å². The second-order valence-electron chi connectivity index (χ2n) is 5.16. The molecule has 0 aliphatic heterocycles. The highest BCUT2D eigenvalue weighted by molar-refractivity contribution is 5.95. The van der Waals surface area contributed by atoms with Crippen LogP contribution in [0.25, 0.3) is 0 Å². The van der Waals surface area contributed by atoms with Crippen LogP contribution in [-0.2, 0) is 6.18 Å². The van der Waals surface area contributed by atoms with E-state index in [1.165, 1.54) is 7.05 Å². The van der Waals surface area contributed by atoms with Gasteiger partial charge < -0.3 is 10.0 Å². The zero-order chi connectivity index (χ0) is 15.0. The molecule has 2 rings (SSSR count). The van der Waals surface area contributed by atoms with Crippen LogP contribution in [0.15, 0.2) is 18.5 Å². The molecule has 20 heavy (non-hydrogen) atoms. The van der Waals surface area contributed by atoms with E-state index in [-0.39, 0.29) is 6.54 Å². The Morgan fingerprint density at radius 2 is 2.15 bits per heavy atom. The molecule has 110 valence electrons. The van der Waals surface area contributed by atoms with Crippen LogP contribution in [0, 0.1) is 0 Å². The first-order chi connectivity index (χ1) is 9.23. The smallest absolute Gasteiger partial charge is 0.388 e. The number of nitrogens with zero attached hydrogens (tertiary/aromatic N) is 2. The van der Waals surface area contributed by atoms with Gasteiger partial charge in [-0.2, -0.15) is 13.2 Å². The van der Waals surface area contributed by atoms with Gasteiger partial charge in [0.15, 0.2) is 0 Å². The van der Waals surface area contributed by atoms with Crippen LogP contribution in [0.4, 0.5) is 13.2 Å². The molecule has 1 aromatic rings. The standard InChI is InChI=1S/C13H15F3N2O2/c1-18(8-12(20)4-2-5-12)11(19)9-3-6-17-7-10(9)13(14,15)16/h3,6-7,20H,2,4-5,8H2,1H3. The number of halogens is 3. The van der Waals surface area contributed by atoms with Gasteiger partial charge in [0.2, 0.25) is 0 Å². The van der Waals surface area contributed by atoms with Gasteiger partial charge in [0.1, 0.15) is 0 Å². The highest BCUT2D eigenvalue weighted by Crippen LogP contribution is 2.34. The first-order valence-corrected chi connectivity index (χ1v) is 6.22. The van der Waals surface area contributed by atoms with E-state index in [1.807, 2.05) is 0 Å². The van der Waals surface area contributed by atoms with E-state index in [2.05, 4.69) is 4.98 Å². The summed E-state index contributed by atoms with van der Waals surface area (Å²) in [5.74, 6) is -0.764. The Balaban J connectivity index is 2.20. The van der Waals surface area contributed by atoms with Crippen molar-refractivity contribution < 1.29 is 23.1 Å². The van der Waals surface area contributed by atoms with E-state index < -0.39 is 28.8 Å². The molecule has 0 radical (unpaired) electrons. The third-order valence-electron chi connectivity index (χ3n) is 3.52. The summed E-state index contributed by atoms with van der Waals surface area (Å²) in [6.45, 7) is 0.0332. The van der Waals surface area contributed by atoms with Crippen molar-refractivity contribution in [3.8, 4) is 0 Å². The molecule has 0 aromatic carbocycles. The molecule has 0 saturated heterocycles. The van der Waals surface area contributed by atoms with Crippen molar-refractivity contribution in [2.45, 2.75) is 31.0 Å². The van der Waals surface area contributed by atoms with Crippen molar-refractivity contribution in [2.75, 3.05) is 13.6 Å². The van der Waals surface area contributed by atoms with Crippen molar-refractivity contribution in [1.82, 2.24) is 9.88 Å². The molecule has 7 heteroatoms. The summed E-state index contributed by atoms with van der Waals surface area (Å²) in [4.78, 5) is 16.7. The number of carbonyl (C=O) groups is 1. The summed E-state index contributed by atoms with van der Waals surface area (Å²) in [5, 5.41) is 9.98. The lowest BCUT2D eigenvalue weighted by molar-refractivity contribution is -0.138. The van der Waals surface area contributed by atoms with Crippen LogP contribution in [0.3, 0.4) is 0 Å². The molecule has 1 aliphatic carbocycles. The zero-order valence-electron chi connectivity index (χ0n) is 10.9. The summed E-state index contributed by atoms with van der Waals surface area (Å²) >= 11 is 0. The van der Waals surface area contributed by atoms with Gasteiger partial charge in [0.05, 0.1) is 16.7 Å². The van der Waals surface area contributed by atoms with E-state index in [4.69, 9.17) is 0 Å². The molecule has 1 N–H and O–H groups in total. The second kappa shape index (κ2) is 5.05. The number of likely N-dealkylation sites (N-methyl/N-ethyl adjacent to an activating group) is 1. The van der Waals surface area contributed by atoms with Gasteiger partial charge in [0.25, 0.3) is 5.91 Å². The molecule has 0 atom stereocenters. The Morgan fingerprint density at radius 1 is 1.50 bits per heavy atom. The van der Waals surface area contributed by atoms with E-state index in [1.54, 1.807) is 0 Å². The predicted octanol–water partition coefficient (Wildman–Crippen LogP) is 2.09. The van der Waals surface area contributed by atoms with Gasteiger partial charge in [-0.25, -0.2) is 0 Å². The Morgan fingerprint density at radius 3 is 2.65 bits per heavy atom. The Bertz CT molecular complexity index is 513. The van der Waals surface area contributed by atoms with Gasteiger partial charge >= 0.3 is 6.18 Å². The van der Waals surface area contributed by atoms with E-state index >= 15 is 0 Å². The maximum Gasteiger partial charge on any atom is 0.418 e. The third-order valence-corrected chi connectivity index (χ3v) is 3.52. The number of hydrogen-bond donors (Lipinski definition) is 1. The van der Waals surface area contributed by atoms with Crippen molar-refractivity contribution in [3.63, 3.8) is 0 Å². The average Bonchev–Trinajstić information content (AvgIpc) is 2.35. The lowest BCUT2D eigenvalue weighted by atomic mass is 9.80. The monoisotopic (exact) mass is 288 g/mol. The molecule has 1 aromatic heterocycles. The maximum atomic E-state index is 12.8. The molecule has 0 spiro atoms. The van der Waals surface area contributed by atoms with E-state index in [0.717, 1.165) is 23.6 Å². The SMILES string of the molecule is CN(CC1(O)CCC1)C(=O)c1ccncc1C(F)(F)F. The number of rotatable bonds is 3. The molecule has 4 nitrogen and oxygen atoms in total. The fourth-order valence-corrected chi connectivity index (χ4v) is 2.27. The largest absolute Gasteiger partial charge is 0.418 e. The lowest BCUT2D eigenvalue weighted by Crippen LogP contribution is -2.48. The summed E-state index contributed by atoms with van der Waals surface area (Å²) in [6, 6.07) is 1.05. The number of carbonyl (C=O) groups excluding carboxylic acids is 1. The van der Waals surface area contributed by atoms with Crippen LogP contribution in [0.2, 0.25) is 0 Å². The number of hydrogen-bond acceptors (Lipinski definition) is 3. The molecule has 1 saturated carbocycles. The Hall–Kier alpha value is -1.63. The number of aliphatic hydroxyl groups is 1. The average molecular weight is 288 g/mol. The number of amides is 1. The predicted molar refractivity (Wildman–Crippen MR) is 65.0 cm³/mol. The quantitative estimate of drug-likeness (QED) is 0.926. The van der Waals surface area contributed by atoms with E-state index in [9.17, 15) is 23.1 Å². The highest BCUT2D eigenvalue weighted by Gasteiger charge is 2.39. The van der Waals surface area contributed by atoms with Gasteiger partial charge in [-0.3, -0.25) is 9.78 Å². The highest BCUT2D eigenvalue weighted by atomic mass is 19.4. The van der Waals surface area contributed by atoms with Crippen molar-refractivity contribution in [1.29, 1.82) is 0 Å². The zero-order valence-corrected chi connectivity index (χ0v) is 10.9. The third kappa shape index (κ3) is 2.92. The van der Waals surface area contributed by atoms with Crippen molar-refractivity contribution in [2.24, 2.45) is 0 Å². The normalized spacial score (nSPS) is 17.4. The first-order valence-electron chi connectivity index (χ1n) is 6.22. The maximum absolute atomic E-state index is 12.8. The Kier molecular flexibility index (Phi) is 3.73. The van der Waals surface area contributed by atoms with Crippen molar-refractivity contribution >= 4 is 5.91 Å². The Labute approximate surface area is 114 Å². The molecule has 1 amide bonds. The molecule has 1 fully saturated rings. The number of alkyl halides is 3.